The maximum atomic E-state index is 4.25. The summed E-state index contributed by atoms with van der Waals surface area (Å²) in [5.41, 5.74) is 0. The number of aromatic nitrogens is 2. The van der Waals surface area contributed by atoms with Crippen LogP contribution < -0.4 is 4.90 Å². The highest BCUT2D eigenvalue weighted by molar-refractivity contribution is 9.10. The second-order valence-corrected chi connectivity index (χ2v) is 4.90. The van der Waals surface area contributed by atoms with E-state index in [1.165, 1.54) is 6.42 Å². The number of halogens is 1. The molecule has 1 fully saturated rings. The van der Waals surface area contributed by atoms with E-state index >= 15 is 0 Å². The summed E-state index contributed by atoms with van der Waals surface area (Å²) in [4.78, 5) is 10.4. The molecule has 14 heavy (non-hydrogen) atoms. The van der Waals surface area contributed by atoms with Crippen LogP contribution in [0.1, 0.15) is 13.3 Å². The molecular formula is C10H14BrN3. The Hall–Kier alpha value is -0.640. The number of anilines is 1. The van der Waals surface area contributed by atoms with Gasteiger partial charge in [-0.05, 0) is 34.2 Å². The van der Waals surface area contributed by atoms with E-state index < -0.39 is 0 Å². The summed E-state index contributed by atoms with van der Waals surface area (Å²) in [6.07, 6.45) is 4.73. The lowest BCUT2D eigenvalue weighted by Crippen LogP contribution is -2.22. The molecule has 1 aliphatic rings. The number of nitrogens with zero attached hydrogens (tertiary/aromatic N) is 3. The van der Waals surface area contributed by atoms with E-state index in [2.05, 4.69) is 44.8 Å². The monoisotopic (exact) mass is 255 g/mol. The Morgan fingerprint density at radius 1 is 1.64 bits per heavy atom. The number of hydrogen-bond donors (Lipinski definition) is 0. The van der Waals surface area contributed by atoms with Crippen molar-refractivity contribution in [2.45, 2.75) is 13.3 Å². The van der Waals surface area contributed by atoms with Crippen LogP contribution in [0.15, 0.2) is 17.0 Å². The van der Waals surface area contributed by atoms with Crippen LogP contribution in [0.3, 0.4) is 0 Å². The molecule has 0 bridgehead atoms. The van der Waals surface area contributed by atoms with E-state index in [0.29, 0.717) is 0 Å². The lowest BCUT2D eigenvalue weighted by atomic mass is 10.3. The molecule has 4 heteroatoms. The van der Waals surface area contributed by atoms with Crippen LogP contribution in [0.5, 0.6) is 0 Å². The highest BCUT2D eigenvalue weighted by Crippen LogP contribution is 2.38. The molecular weight excluding hydrogens is 242 g/mol. The SMILES string of the molecule is CC1CC1CN(C)c1ncncc1Br. The van der Waals surface area contributed by atoms with Gasteiger partial charge in [0.2, 0.25) is 0 Å². The van der Waals surface area contributed by atoms with E-state index in [4.69, 9.17) is 0 Å². The van der Waals surface area contributed by atoms with Gasteiger partial charge in [-0.15, -0.1) is 0 Å². The minimum atomic E-state index is 0.849. The zero-order valence-corrected chi connectivity index (χ0v) is 10.0. The normalized spacial score (nSPS) is 24.8. The molecule has 0 N–H and O–H groups in total. The molecule has 3 nitrogen and oxygen atoms in total. The van der Waals surface area contributed by atoms with Crippen LogP contribution >= 0.6 is 15.9 Å². The largest absolute Gasteiger partial charge is 0.358 e. The predicted molar refractivity (Wildman–Crippen MR) is 60.3 cm³/mol. The molecule has 2 rings (SSSR count). The first-order valence-electron chi connectivity index (χ1n) is 4.85. The van der Waals surface area contributed by atoms with Crippen molar-refractivity contribution < 1.29 is 0 Å². The standard InChI is InChI=1S/C10H14BrN3/c1-7-3-8(7)5-14(2)10-9(11)4-12-6-13-10/h4,6-8H,3,5H2,1-2H3. The molecule has 2 atom stereocenters. The summed E-state index contributed by atoms with van der Waals surface area (Å²) in [5.74, 6) is 2.72. The minimum Gasteiger partial charge on any atom is -0.358 e. The predicted octanol–water partition coefficient (Wildman–Crippen LogP) is 2.33. The highest BCUT2D eigenvalue weighted by atomic mass is 79.9. The van der Waals surface area contributed by atoms with Crippen LogP contribution in [0.4, 0.5) is 5.82 Å². The molecule has 2 unspecified atom stereocenters. The second-order valence-electron chi connectivity index (χ2n) is 4.05. The molecule has 0 aliphatic heterocycles. The van der Waals surface area contributed by atoms with Gasteiger partial charge in [-0.3, -0.25) is 0 Å². The maximum Gasteiger partial charge on any atom is 0.146 e. The van der Waals surface area contributed by atoms with Crippen molar-refractivity contribution in [2.24, 2.45) is 11.8 Å². The van der Waals surface area contributed by atoms with Gasteiger partial charge in [0.05, 0.1) is 4.47 Å². The average molecular weight is 256 g/mol. The van der Waals surface area contributed by atoms with Gasteiger partial charge in [0, 0.05) is 19.8 Å². The smallest absolute Gasteiger partial charge is 0.146 e. The summed E-state index contributed by atoms with van der Waals surface area (Å²) in [7, 11) is 2.08. The van der Waals surface area contributed by atoms with Gasteiger partial charge in [-0.25, -0.2) is 9.97 Å². The van der Waals surface area contributed by atoms with Crippen molar-refractivity contribution in [3.05, 3.63) is 17.0 Å². The third-order valence-electron chi connectivity index (χ3n) is 2.79. The molecule has 1 aliphatic carbocycles. The van der Waals surface area contributed by atoms with Crippen LogP contribution in [-0.2, 0) is 0 Å². The van der Waals surface area contributed by atoms with Crippen molar-refractivity contribution in [1.82, 2.24) is 9.97 Å². The Kier molecular flexibility index (Phi) is 2.72. The van der Waals surface area contributed by atoms with Crippen molar-refractivity contribution in [1.29, 1.82) is 0 Å². The first-order chi connectivity index (χ1) is 6.68. The summed E-state index contributed by atoms with van der Waals surface area (Å²) in [6, 6.07) is 0. The molecule has 76 valence electrons. The first-order valence-corrected chi connectivity index (χ1v) is 5.64. The van der Waals surface area contributed by atoms with Gasteiger partial charge in [0.25, 0.3) is 0 Å². The average Bonchev–Trinajstić information content (AvgIpc) is 2.82. The fraction of sp³-hybridized carbons (Fsp3) is 0.600. The molecule has 1 aromatic heterocycles. The van der Waals surface area contributed by atoms with E-state index in [1.807, 2.05) is 0 Å². The first kappa shape index (κ1) is 9.90. The lowest BCUT2D eigenvalue weighted by Gasteiger charge is -2.18. The Bertz CT molecular complexity index is 329. The second kappa shape index (κ2) is 3.85. The van der Waals surface area contributed by atoms with Crippen molar-refractivity contribution in [3.63, 3.8) is 0 Å². The summed E-state index contributed by atoms with van der Waals surface area (Å²) < 4.78 is 0.968. The molecule has 1 saturated carbocycles. The molecule has 0 radical (unpaired) electrons. The molecule has 0 aromatic carbocycles. The van der Waals surface area contributed by atoms with Gasteiger partial charge < -0.3 is 4.90 Å². The molecule has 0 spiro atoms. The van der Waals surface area contributed by atoms with E-state index in [1.54, 1.807) is 12.5 Å². The van der Waals surface area contributed by atoms with Gasteiger partial charge in [-0.2, -0.15) is 0 Å². The third kappa shape index (κ3) is 2.05. The van der Waals surface area contributed by atoms with E-state index in [-0.39, 0.29) is 0 Å². The van der Waals surface area contributed by atoms with Crippen molar-refractivity contribution in [3.8, 4) is 0 Å². The van der Waals surface area contributed by atoms with Crippen LogP contribution in [0.25, 0.3) is 0 Å². The summed E-state index contributed by atoms with van der Waals surface area (Å²) in [5, 5.41) is 0. The van der Waals surface area contributed by atoms with Crippen LogP contribution in [0.2, 0.25) is 0 Å². The van der Waals surface area contributed by atoms with Crippen LogP contribution in [0, 0.1) is 11.8 Å². The quantitative estimate of drug-likeness (QED) is 0.831. The Morgan fingerprint density at radius 3 is 2.93 bits per heavy atom. The molecule has 1 aromatic rings. The topological polar surface area (TPSA) is 29.0 Å². The van der Waals surface area contributed by atoms with Gasteiger partial charge in [0.1, 0.15) is 12.1 Å². The zero-order chi connectivity index (χ0) is 10.1. The highest BCUT2D eigenvalue weighted by Gasteiger charge is 2.33. The maximum absolute atomic E-state index is 4.25. The zero-order valence-electron chi connectivity index (χ0n) is 8.44. The van der Waals surface area contributed by atoms with E-state index in [9.17, 15) is 0 Å². The van der Waals surface area contributed by atoms with E-state index in [0.717, 1.165) is 28.7 Å². The number of rotatable bonds is 3. The Labute approximate surface area is 92.7 Å². The molecule has 0 saturated heterocycles. The van der Waals surface area contributed by atoms with Crippen molar-refractivity contribution >= 4 is 21.7 Å². The fourth-order valence-corrected chi connectivity index (χ4v) is 2.20. The van der Waals surface area contributed by atoms with Gasteiger partial charge in [-0.1, -0.05) is 6.92 Å². The van der Waals surface area contributed by atoms with Crippen molar-refractivity contribution in [2.75, 3.05) is 18.5 Å². The number of hydrogen-bond acceptors (Lipinski definition) is 3. The summed E-state index contributed by atoms with van der Waals surface area (Å²) >= 11 is 3.46. The third-order valence-corrected chi connectivity index (χ3v) is 3.35. The fourth-order valence-electron chi connectivity index (χ4n) is 1.68. The Balaban J connectivity index is 2.03. The minimum absolute atomic E-state index is 0.849. The van der Waals surface area contributed by atoms with Gasteiger partial charge >= 0.3 is 0 Å². The van der Waals surface area contributed by atoms with Gasteiger partial charge in [0.15, 0.2) is 0 Å². The Morgan fingerprint density at radius 2 is 2.36 bits per heavy atom. The molecule has 1 heterocycles. The lowest BCUT2D eigenvalue weighted by molar-refractivity contribution is 0.717. The summed E-state index contributed by atoms with van der Waals surface area (Å²) in [6.45, 7) is 3.39. The molecule has 0 amide bonds. The van der Waals surface area contributed by atoms with Crippen LogP contribution in [-0.4, -0.2) is 23.6 Å².